The molecule has 1 rings (SSSR count). The fraction of sp³-hybridized carbons (Fsp3) is 0.692. The largest absolute Gasteiger partial charge is 0.329 e. The summed E-state index contributed by atoms with van der Waals surface area (Å²) in [4.78, 5) is 6.06. The molecular weight excluding hydrogens is 310 g/mol. The molecule has 0 radical (unpaired) electrons. The van der Waals surface area contributed by atoms with E-state index in [4.69, 9.17) is 5.73 Å². The Hall–Kier alpha value is 0.0600. The Balaban J connectivity index is 2.60. The highest BCUT2D eigenvalue weighted by atomic mass is 79.9. The Bertz CT molecular complexity index is 341. The predicted octanol–water partition coefficient (Wildman–Crippen LogP) is 2.78. The molecule has 104 valence electrons. The van der Waals surface area contributed by atoms with Gasteiger partial charge in [-0.1, -0.05) is 6.92 Å². The third-order valence-electron chi connectivity index (χ3n) is 3.04. The zero-order valence-electron chi connectivity index (χ0n) is 11.5. The van der Waals surface area contributed by atoms with E-state index in [1.54, 1.807) is 11.3 Å². The van der Waals surface area contributed by atoms with Gasteiger partial charge in [0, 0.05) is 18.0 Å². The lowest BCUT2D eigenvalue weighted by Crippen LogP contribution is -2.35. The number of likely N-dealkylation sites (N-methyl/N-ethyl adjacent to an activating group) is 1. The van der Waals surface area contributed by atoms with Crippen LogP contribution in [-0.2, 0) is 0 Å². The molecule has 3 nitrogen and oxygen atoms in total. The fourth-order valence-electron chi connectivity index (χ4n) is 2.08. The molecule has 0 aromatic carbocycles. The SMILES string of the molecule is CCN(CCCN(C)C)C(CN)c1ccc(Br)s1. The van der Waals surface area contributed by atoms with Gasteiger partial charge in [0.15, 0.2) is 0 Å². The quantitative estimate of drug-likeness (QED) is 0.793. The minimum Gasteiger partial charge on any atom is -0.329 e. The van der Waals surface area contributed by atoms with Crippen molar-refractivity contribution in [1.29, 1.82) is 0 Å². The Labute approximate surface area is 123 Å². The van der Waals surface area contributed by atoms with E-state index in [-0.39, 0.29) is 0 Å². The van der Waals surface area contributed by atoms with Crippen molar-refractivity contribution in [1.82, 2.24) is 9.80 Å². The van der Waals surface area contributed by atoms with E-state index in [9.17, 15) is 0 Å². The van der Waals surface area contributed by atoms with E-state index < -0.39 is 0 Å². The molecule has 2 N–H and O–H groups in total. The van der Waals surface area contributed by atoms with Crippen LogP contribution < -0.4 is 5.73 Å². The van der Waals surface area contributed by atoms with Crippen molar-refractivity contribution < 1.29 is 0 Å². The summed E-state index contributed by atoms with van der Waals surface area (Å²) < 4.78 is 1.18. The predicted molar refractivity (Wildman–Crippen MR) is 84.2 cm³/mol. The molecule has 5 heteroatoms. The first-order chi connectivity index (χ1) is 8.58. The van der Waals surface area contributed by atoms with Crippen LogP contribution in [0.5, 0.6) is 0 Å². The second-order valence-electron chi connectivity index (χ2n) is 4.68. The van der Waals surface area contributed by atoms with Gasteiger partial charge < -0.3 is 10.6 Å². The van der Waals surface area contributed by atoms with Crippen molar-refractivity contribution in [3.8, 4) is 0 Å². The molecule has 0 bridgehead atoms. The van der Waals surface area contributed by atoms with Crippen LogP contribution in [0, 0.1) is 0 Å². The molecule has 0 fully saturated rings. The van der Waals surface area contributed by atoms with Crippen LogP contribution in [0.25, 0.3) is 0 Å². The number of thiophene rings is 1. The summed E-state index contributed by atoms with van der Waals surface area (Å²) in [6.45, 7) is 6.17. The Morgan fingerprint density at radius 3 is 2.50 bits per heavy atom. The second-order valence-corrected chi connectivity index (χ2v) is 7.17. The van der Waals surface area contributed by atoms with Gasteiger partial charge in [-0.05, 0) is 61.7 Å². The fourth-order valence-corrected chi connectivity index (χ4v) is 3.65. The van der Waals surface area contributed by atoms with Gasteiger partial charge in [-0.15, -0.1) is 11.3 Å². The Kier molecular flexibility index (Phi) is 7.41. The highest BCUT2D eigenvalue weighted by Gasteiger charge is 2.18. The number of nitrogens with zero attached hydrogens (tertiary/aromatic N) is 2. The summed E-state index contributed by atoms with van der Waals surface area (Å²) in [7, 11) is 4.24. The van der Waals surface area contributed by atoms with E-state index in [0.29, 0.717) is 12.6 Å². The topological polar surface area (TPSA) is 32.5 Å². The summed E-state index contributed by atoms with van der Waals surface area (Å²) in [6.07, 6.45) is 1.18. The van der Waals surface area contributed by atoms with Gasteiger partial charge in [0.05, 0.1) is 9.83 Å². The van der Waals surface area contributed by atoms with Crippen LogP contribution >= 0.6 is 27.3 Å². The van der Waals surface area contributed by atoms with Crippen molar-refractivity contribution in [2.45, 2.75) is 19.4 Å². The Morgan fingerprint density at radius 1 is 1.33 bits per heavy atom. The first kappa shape index (κ1) is 16.1. The second kappa shape index (κ2) is 8.27. The first-order valence-corrected chi connectivity index (χ1v) is 8.03. The molecule has 1 aromatic rings. The smallest absolute Gasteiger partial charge is 0.0702 e. The summed E-state index contributed by atoms with van der Waals surface area (Å²) in [5, 5.41) is 0. The lowest BCUT2D eigenvalue weighted by molar-refractivity contribution is 0.204. The number of nitrogens with two attached hydrogens (primary N) is 1. The van der Waals surface area contributed by atoms with Gasteiger partial charge in [0.2, 0.25) is 0 Å². The molecule has 0 saturated carbocycles. The zero-order chi connectivity index (χ0) is 13.5. The van der Waals surface area contributed by atoms with Crippen molar-refractivity contribution in [2.24, 2.45) is 5.73 Å². The standard InChI is InChI=1S/C13H24BrN3S/c1-4-17(9-5-8-16(2)3)11(10-15)12-6-7-13(14)18-12/h6-7,11H,4-5,8-10,15H2,1-3H3. The minimum absolute atomic E-state index is 0.355. The lowest BCUT2D eigenvalue weighted by Gasteiger charge is -2.29. The van der Waals surface area contributed by atoms with E-state index in [1.165, 1.54) is 15.1 Å². The normalized spacial score (nSPS) is 13.5. The number of hydrogen-bond acceptors (Lipinski definition) is 4. The number of rotatable bonds is 8. The molecule has 0 aliphatic heterocycles. The summed E-state index contributed by atoms with van der Waals surface area (Å²) in [5.41, 5.74) is 5.96. The van der Waals surface area contributed by atoms with Gasteiger partial charge in [0.25, 0.3) is 0 Å². The van der Waals surface area contributed by atoms with Crippen molar-refractivity contribution >= 4 is 27.3 Å². The number of halogens is 1. The van der Waals surface area contributed by atoms with Crippen molar-refractivity contribution in [3.05, 3.63) is 20.8 Å². The van der Waals surface area contributed by atoms with Crippen LogP contribution in [0.1, 0.15) is 24.3 Å². The summed E-state index contributed by atoms with van der Waals surface area (Å²) in [6, 6.07) is 4.64. The minimum atomic E-state index is 0.355. The average Bonchev–Trinajstić information content (AvgIpc) is 2.74. The van der Waals surface area contributed by atoms with Gasteiger partial charge in [-0.3, -0.25) is 4.90 Å². The monoisotopic (exact) mass is 333 g/mol. The third-order valence-corrected chi connectivity index (χ3v) is 4.77. The van der Waals surface area contributed by atoms with Crippen LogP contribution in [-0.4, -0.2) is 50.1 Å². The van der Waals surface area contributed by atoms with E-state index in [0.717, 1.165) is 19.6 Å². The molecular formula is C13H24BrN3S. The summed E-state index contributed by atoms with van der Waals surface area (Å²) in [5.74, 6) is 0. The maximum atomic E-state index is 5.96. The van der Waals surface area contributed by atoms with E-state index >= 15 is 0 Å². The maximum absolute atomic E-state index is 5.96. The zero-order valence-corrected chi connectivity index (χ0v) is 13.9. The molecule has 0 aliphatic rings. The highest BCUT2D eigenvalue weighted by Crippen LogP contribution is 2.30. The van der Waals surface area contributed by atoms with Crippen molar-refractivity contribution in [2.75, 3.05) is 40.3 Å². The first-order valence-electron chi connectivity index (χ1n) is 6.42. The molecule has 1 unspecified atom stereocenters. The van der Waals surface area contributed by atoms with E-state index in [1.807, 2.05) is 0 Å². The maximum Gasteiger partial charge on any atom is 0.0702 e. The van der Waals surface area contributed by atoms with Crippen LogP contribution in [0.4, 0.5) is 0 Å². The summed E-state index contributed by atoms with van der Waals surface area (Å²) >= 11 is 5.31. The molecule has 0 amide bonds. The van der Waals surface area contributed by atoms with Crippen LogP contribution in [0.3, 0.4) is 0 Å². The Morgan fingerprint density at radius 2 is 2.06 bits per heavy atom. The van der Waals surface area contributed by atoms with Crippen molar-refractivity contribution in [3.63, 3.8) is 0 Å². The third kappa shape index (κ3) is 4.97. The van der Waals surface area contributed by atoms with Gasteiger partial charge in [0.1, 0.15) is 0 Å². The molecule has 1 heterocycles. The molecule has 1 atom stereocenters. The molecule has 0 aliphatic carbocycles. The molecule has 0 saturated heterocycles. The number of hydrogen-bond donors (Lipinski definition) is 1. The lowest BCUT2D eigenvalue weighted by atomic mass is 10.2. The van der Waals surface area contributed by atoms with E-state index in [2.05, 4.69) is 58.9 Å². The average molecular weight is 334 g/mol. The van der Waals surface area contributed by atoms with Crippen LogP contribution in [0.2, 0.25) is 0 Å². The molecule has 0 spiro atoms. The van der Waals surface area contributed by atoms with Gasteiger partial charge in [-0.2, -0.15) is 0 Å². The van der Waals surface area contributed by atoms with Crippen LogP contribution in [0.15, 0.2) is 15.9 Å². The molecule has 1 aromatic heterocycles. The highest BCUT2D eigenvalue weighted by molar-refractivity contribution is 9.11. The molecule has 18 heavy (non-hydrogen) atoms. The van der Waals surface area contributed by atoms with Gasteiger partial charge >= 0.3 is 0 Å². The van der Waals surface area contributed by atoms with Gasteiger partial charge in [-0.25, -0.2) is 0 Å².